The zero-order chi connectivity index (χ0) is 13.0. The van der Waals surface area contributed by atoms with Gasteiger partial charge in [-0.3, -0.25) is 4.68 Å². The SMILES string of the molecule is CC.Cc1ccc(Br)c(-c2cc(C)n(C)n2)c1. The summed E-state index contributed by atoms with van der Waals surface area (Å²) in [4.78, 5) is 0. The summed E-state index contributed by atoms with van der Waals surface area (Å²) >= 11 is 3.55. The molecule has 2 nitrogen and oxygen atoms in total. The molecule has 2 rings (SSSR count). The van der Waals surface area contributed by atoms with Crippen molar-refractivity contribution >= 4 is 15.9 Å². The topological polar surface area (TPSA) is 17.8 Å². The van der Waals surface area contributed by atoms with Gasteiger partial charge in [0, 0.05) is 22.8 Å². The normalized spacial score (nSPS) is 9.76. The van der Waals surface area contributed by atoms with E-state index in [1.165, 1.54) is 11.3 Å². The van der Waals surface area contributed by atoms with E-state index in [2.05, 4.69) is 59.1 Å². The van der Waals surface area contributed by atoms with Crippen molar-refractivity contribution in [1.29, 1.82) is 0 Å². The maximum absolute atomic E-state index is 4.47. The van der Waals surface area contributed by atoms with Gasteiger partial charge in [-0.25, -0.2) is 0 Å². The molecule has 1 heterocycles. The second-order valence-electron chi connectivity index (χ2n) is 3.78. The highest BCUT2D eigenvalue weighted by Gasteiger charge is 2.07. The van der Waals surface area contributed by atoms with Crippen molar-refractivity contribution in [1.82, 2.24) is 9.78 Å². The van der Waals surface area contributed by atoms with Crippen LogP contribution in [0.25, 0.3) is 11.3 Å². The van der Waals surface area contributed by atoms with Crippen LogP contribution in [0.3, 0.4) is 0 Å². The predicted octanol–water partition coefficient (Wildman–Crippen LogP) is 4.49. The van der Waals surface area contributed by atoms with Gasteiger partial charge in [-0.15, -0.1) is 0 Å². The van der Waals surface area contributed by atoms with Crippen molar-refractivity contribution in [2.45, 2.75) is 27.7 Å². The Morgan fingerprint density at radius 1 is 1.12 bits per heavy atom. The van der Waals surface area contributed by atoms with E-state index in [9.17, 15) is 0 Å². The van der Waals surface area contributed by atoms with Crippen molar-refractivity contribution < 1.29 is 0 Å². The maximum atomic E-state index is 4.47. The number of nitrogens with zero attached hydrogens (tertiary/aromatic N) is 2. The van der Waals surface area contributed by atoms with Crippen molar-refractivity contribution in [2.24, 2.45) is 7.05 Å². The van der Waals surface area contributed by atoms with Gasteiger partial charge < -0.3 is 0 Å². The summed E-state index contributed by atoms with van der Waals surface area (Å²) in [5.41, 5.74) is 4.58. The molecule has 0 amide bonds. The summed E-state index contributed by atoms with van der Waals surface area (Å²) in [6.07, 6.45) is 0. The first-order chi connectivity index (χ1) is 8.08. The van der Waals surface area contributed by atoms with Crippen LogP contribution in [0.15, 0.2) is 28.7 Å². The zero-order valence-electron chi connectivity index (χ0n) is 11.1. The summed E-state index contributed by atoms with van der Waals surface area (Å²) in [6, 6.07) is 8.39. The van der Waals surface area contributed by atoms with Gasteiger partial charge in [-0.05, 0) is 32.0 Å². The largest absolute Gasteiger partial charge is 0.272 e. The van der Waals surface area contributed by atoms with Gasteiger partial charge in [0.1, 0.15) is 0 Å². The van der Waals surface area contributed by atoms with E-state index < -0.39 is 0 Å². The molecule has 2 aromatic rings. The Labute approximate surface area is 112 Å². The van der Waals surface area contributed by atoms with E-state index in [1.807, 2.05) is 25.6 Å². The fourth-order valence-electron chi connectivity index (χ4n) is 1.53. The Balaban J connectivity index is 0.000000686. The van der Waals surface area contributed by atoms with Crippen molar-refractivity contribution in [3.05, 3.63) is 40.0 Å². The molecule has 0 aliphatic carbocycles. The van der Waals surface area contributed by atoms with Crippen LogP contribution in [-0.4, -0.2) is 9.78 Å². The van der Waals surface area contributed by atoms with Crippen LogP contribution in [0.2, 0.25) is 0 Å². The molecule has 0 aliphatic heterocycles. The van der Waals surface area contributed by atoms with E-state index in [1.54, 1.807) is 0 Å². The second kappa shape index (κ2) is 6.01. The number of halogens is 1. The van der Waals surface area contributed by atoms with Crippen LogP contribution in [0, 0.1) is 13.8 Å². The summed E-state index contributed by atoms with van der Waals surface area (Å²) in [5.74, 6) is 0. The summed E-state index contributed by atoms with van der Waals surface area (Å²) in [7, 11) is 1.96. The first-order valence-corrected chi connectivity index (χ1v) is 6.64. The third-order valence-electron chi connectivity index (χ3n) is 2.51. The van der Waals surface area contributed by atoms with Crippen LogP contribution in [0.1, 0.15) is 25.1 Å². The smallest absolute Gasteiger partial charge is 0.0937 e. The van der Waals surface area contributed by atoms with Crippen LogP contribution >= 0.6 is 15.9 Å². The lowest BCUT2D eigenvalue weighted by Crippen LogP contribution is -1.92. The summed E-state index contributed by atoms with van der Waals surface area (Å²) in [5, 5.41) is 4.47. The Morgan fingerprint density at radius 3 is 2.29 bits per heavy atom. The van der Waals surface area contributed by atoms with Crippen molar-refractivity contribution in [2.75, 3.05) is 0 Å². The van der Waals surface area contributed by atoms with E-state index in [4.69, 9.17) is 0 Å². The highest BCUT2D eigenvalue weighted by Crippen LogP contribution is 2.28. The Kier molecular flexibility index (Phi) is 4.94. The van der Waals surface area contributed by atoms with Gasteiger partial charge >= 0.3 is 0 Å². The average Bonchev–Trinajstić information content (AvgIpc) is 2.65. The molecular formula is C14H19BrN2. The first-order valence-electron chi connectivity index (χ1n) is 5.85. The third kappa shape index (κ3) is 3.19. The molecule has 3 heteroatoms. The molecule has 0 unspecified atom stereocenters. The predicted molar refractivity (Wildman–Crippen MR) is 77.2 cm³/mol. The molecule has 1 aromatic heterocycles. The molecule has 0 spiro atoms. The third-order valence-corrected chi connectivity index (χ3v) is 3.20. The Morgan fingerprint density at radius 2 is 1.76 bits per heavy atom. The Bertz CT molecular complexity index is 481. The molecule has 17 heavy (non-hydrogen) atoms. The average molecular weight is 295 g/mol. The van der Waals surface area contributed by atoms with Crippen LogP contribution < -0.4 is 0 Å². The Hall–Kier alpha value is -1.09. The molecule has 0 aliphatic rings. The van der Waals surface area contributed by atoms with Gasteiger partial charge in [-0.2, -0.15) is 5.10 Å². The molecule has 0 bridgehead atoms. The molecule has 0 fully saturated rings. The lowest BCUT2D eigenvalue weighted by molar-refractivity contribution is 0.742. The maximum Gasteiger partial charge on any atom is 0.0937 e. The van der Waals surface area contributed by atoms with Crippen molar-refractivity contribution in [3.8, 4) is 11.3 Å². The molecule has 0 radical (unpaired) electrons. The van der Waals surface area contributed by atoms with Crippen LogP contribution in [-0.2, 0) is 7.05 Å². The molecule has 0 atom stereocenters. The number of hydrogen-bond donors (Lipinski definition) is 0. The minimum absolute atomic E-state index is 1.02. The fourth-order valence-corrected chi connectivity index (χ4v) is 1.98. The van der Waals surface area contributed by atoms with Crippen molar-refractivity contribution in [3.63, 3.8) is 0 Å². The van der Waals surface area contributed by atoms with Gasteiger partial charge in [0.05, 0.1) is 5.69 Å². The van der Waals surface area contributed by atoms with E-state index in [0.717, 1.165) is 15.7 Å². The zero-order valence-corrected chi connectivity index (χ0v) is 12.7. The van der Waals surface area contributed by atoms with Gasteiger partial charge in [0.25, 0.3) is 0 Å². The number of hydrogen-bond acceptors (Lipinski definition) is 1. The molecule has 1 aromatic carbocycles. The lowest BCUT2D eigenvalue weighted by Gasteiger charge is -2.01. The van der Waals surface area contributed by atoms with E-state index in [0.29, 0.717) is 0 Å². The molecule has 0 saturated carbocycles. The molecular weight excluding hydrogens is 276 g/mol. The molecule has 0 saturated heterocycles. The number of aromatic nitrogens is 2. The number of aryl methyl sites for hydroxylation is 3. The summed E-state index contributed by atoms with van der Waals surface area (Å²) < 4.78 is 2.98. The minimum atomic E-state index is 1.02. The minimum Gasteiger partial charge on any atom is -0.272 e. The highest BCUT2D eigenvalue weighted by molar-refractivity contribution is 9.10. The first kappa shape index (κ1) is 14.0. The van der Waals surface area contributed by atoms with Gasteiger partial charge in [-0.1, -0.05) is 41.4 Å². The fraction of sp³-hybridized carbons (Fsp3) is 0.357. The number of rotatable bonds is 1. The molecule has 0 N–H and O–H groups in total. The van der Waals surface area contributed by atoms with E-state index in [-0.39, 0.29) is 0 Å². The quantitative estimate of drug-likeness (QED) is 0.757. The van der Waals surface area contributed by atoms with Gasteiger partial charge in [0.2, 0.25) is 0 Å². The lowest BCUT2D eigenvalue weighted by atomic mass is 10.1. The highest BCUT2D eigenvalue weighted by atomic mass is 79.9. The van der Waals surface area contributed by atoms with Crippen LogP contribution in [0.4, 0.5) is 0 Å². The number of benzene rings is 1. The standard InChI is InChI=1S/C12H13BrN2.C2H6/c1-8-4-5-11(13)10(6-8)12-7-9(2)15(3)14-12;1-2/h4-7H,1-3H3;1-2H3. The van der Waals surface area contributed by atoms with Crippen LogP contribution in [0.5, 0.6) is 0 Å². The monoisotopic (exact) mass is 294 g/mol. The molecule has 92 valence electrons. The second-order valence-corrected chi connectivity index (χ2v) is 4.63. The van der Waals surface area contributed by atoms with E-state index >= 15 is 0 Å². The van der Waals surface area contributed by atoms with Gasteiger partial charge in [0.15, 0.2) is 0 Å². The summed E-state index contributed by atoms with van der Waals surface area (Å²) in [6.45, 7) is 8.14.